The number of methoxy groups -OCH3 is 2. The maximum atomic E-state index is 12.4. The minimum atomic E-state index is -4.40. The van der Waals surface area contributed by atoms with Crippen LogP contribution in [0.3, 0.4) is 0 Å². The minimum absolute atomic E-state index is 0. The van der Waals surface area contributed by atoms with Crippen molar-refractivity contribution in [3.63, 3.8) is 0 Å². The largest absolute Gasteiger partial charge is 0.493 e. The smallest absolute Gasteiger partial charge is 0.422 e. The SMILES string of the molecule is CCNC(=NCc1ccc(OCC(F)(F)F)c(OC)c1)N1CCC(COC)C1.I. The molecule has 1 aliphatic heterocycles. The van der Waals surface area contributed by atoms with Gasteiger partial charge in [-0.25, -0.2) is 4.99 Å². The zero-order chi connectivity index (χ0) is 20.6. The van der Waals surface area contributed by atoms with Crippen LogP contribution in [0.2, 0.25) is 0 Å². The summed E-state index contributed by atoms with van der Waals surface area (Å²) in [6, 6.07) is 4.82. The summed E-state index contributed by atoms with van der Waals surface area (Å²) in [7, 11) is 3.10. The van der Waals surface area contributed by atoms with Crippen LogP contribution in [0.4, 0.5) is 13.2 Å². The van der Waals surface area contributed by atoms with E-state index in [0.29, 0.717) is 12.5 Å². The summed E-state index contributed by atoms with van der Waals surface area (Å²) < 4.78 is 52.3. The number of aliphatic imine (C=N–C) groups is 1. The predicted octanol–water partition coefficient (Wildman–Crippen LogP) is 3.69. The third-order valence-corrected chi connectivity index (χ3v) is 4.35. The van der Waals surface area contributed by atoms with Gasteiger partial charge >= 0.3 is 6.18 Å². The second-order valence-electron chi connectivity index (χ2n) is 6.62. The first-order chi connectivity index (χ1) is 13.4. The number of nitrogens with one attached hydrogen (secondary N) is 1. The zero-order valence-electron chi connectivity index (χ0n) is 16.9. The Hall–Kier alpha value is -1.43. The molecule has 0 aromatic heterocycles. The normalized spacial score (nSPS) is 17.1. The minimum Gasteiger partial charge on any atom is -0.493 e. The van der Waals surface area contributed by atoms with Crippen molar-refractivity contribution in [1.82, 2.24) is 10.2 Å². The summed E-state index contributed by atoms with van der Waals surface area (Å²) >= 11 is 0. The van der Waals surface area contributed by atoms with Gasteiger partial charge in [0.15, 0.2) is 24.1 Å². The van der Waals surface area contributed by atoms with Gasteiger partial charge in [-0.2, -0.15) is 13.2 Å². The van der Waals surface area contributed by atoms with E-state index in [1.807, 2.05) is 6.92 Å². The molecule has 1 heterocycles. The van der Waals surface area contributed by atoms with Gasteiger partial charge in [0.2, 0.25) is 0 Å². The predicted molar refractivity (Wildman–Crippen MR) is 116 cm³/mol. The van der Waals surface area contributed by atoms with Gasteiger partial charge in [0.05, 0.1) is 20.3 Å². The molecule has 2 rings (SSSR count). The van der Waals surface area contributed by atoms with Crippen molar-refractivity contribution in [2.75, 3.05) is 47.1 Å². The summed E-state index contributed by atoms with van der Waals surface area (Å²) in [5.41, 5.74) is 0.819. The van der Waals surface area contributed by atoms with Crippen molar-refractivity contribution in [2.24, 2.45) is 10.9 Å². The third kappa shape index (κ3) is 8.45. The number of hydrogen-bond donors (Lipinski definition) is 1. The fraction of sp³-hybridized carbons (Fsp3) is 0.632. The molecule has 0 amide bonds. The van der Waals surface area contributed by atoms with Crippen LogP contribution in [-0.4, -0.2) is 64.1 Å². The summed E-state index contributed by atoms with van der Waals surface area (Å²) in [6.07, 6.45) is -3.34. The Morgan fingerprint density at radius 2 is 2.03 bits per heavy atom. The van der Waals surface area contributed by atoms with Gasteiger partial charge in [-0.1, -0.05) is 6.07 Å². The van der Waals surface area contributed by atoms with E-state index in [1.54, 1.807) is 19.2 Å². The monoisotopic (exact) mass is 531 g/mol. The van der Waals surface area contributed by atoms with E-state index in [2.05, 4.69) is 15.2 Å². The zero-order valence-corrected chi connectivity index (χ0v) is 19.3. The average molecular weight is 531 g/mol. The molecule has 0 spiro atoms. The molecule has 0 bridgehead atoms. The van der Waals surface area contributed by atoms with Crippen molar-refractivity contribution >= 4 is 29.9 Å². The fourth-order valence-corrected chi connectivity index (χ4v) is 3.08. The van der Waals surface area contributed by atoms with Crippen LogP contribution < -0.4 is 14.8 Å². The highest BCUT2D eigenvalue weighted by molar-refractivity contribution is 14.0. The maximum Gasteiger partial charge on any atom is 0.422 e. The molecular formula is C19H29F3IN3O3. The Morgan fingerprint density at radius 1 is 1.28 bits per heavy atom. The Bertz CT molecular complexity index is 659. The Kier molecular flexibility index (Phi) is 10.9. The van der Waals surface area contributed by atoms with E-state index in [4.69, 9.17) is 14.2 Å². The van der Waals surface area contributed by atoms with Crippen molar-refractivity contribution in [3.05, 3.63) is 23.8 Å². The van der Waals surface area contributed by atoms with E-state index < -0.39 is 12.8 Å². The molecule has 166 valence electrons. The highest BCUT2D eigenvalue weighted by atomic mass is 127. The van der Waals surface area contributed by atoms with Crippen LogP contribution in [0, 0.1) is 5.92 Å². The number of halogens is 4. The lowest BCUT2D eigenvalue weighted by molar-refractivity contribution is -0.153. The van der Waals surface area contributed by atoms with Crippen LogP contribution in [-0.2, 0) is 11.3 Å². The van der Waals surface area contributed by atoms with E-state index in [-0.39, 0.29) is 35.5 Å². The lowest BCUT2D eigenvalue weighted by atomic mass is 10.1. The van der Waals surface area contributed by atoms with Gasteiger partial charge in [-0.15, -0.1) is 24.0 Å². The van der Waals surface area contributed by atoms with Crippen molar-refractivity contribution in [1.29, 1.82) is 0 Å². The third-order valence-electron chi connectivity index (χ3n) is 4.35. The molecule has 1 aliphatic rings. The van der Waals surface area contributed by atoms with E-state index in [1.165, 1.54) is 13.2 Å². The molecule has 0 saturated carbocycles. The molecule has 0 radical (unpaired) electrons. The van der Waals surface area contributed by atoms with Gasteiger partial charge in [-0.3, -0.25) is 0 Å². The molecule has 1 aromatic carbocycles. The average Bonchev–Trinajstić information content (AvgIpc) is 3.11. The number of benzene rings is 1. The molecule has 1 N–H and O–H groups in total. The molecule has 1 unspecified atom stereocenters. The summed E-state index contributed by atoms with van der Waals surface area (Å²) in [5, 5.41) is 3.29. The number of rotatable bonds is 8. The molecule has 1 saturated heterocycles. The molecule has 29 heavy (non-hydrogen) atoms. The van der Waals surface area contributed by atoms with Crippen molar-refractivity contribution < 1.29 is 27.4 Å². The molecule has 1 fully saturated rings. The highest BCUT2D eigenvalue weighted by Crippen LogP contribution is 2.30. The number of likely N-dealkylation sites (tertiary alicyclic amines) is 1. The topological polar surface area (TPSA) is 55.3 Å². The molecule has 10 heteroatoms. The second kappa shape index (κ2) is 12.3. The van der Waals surface area contributed by atoms with Gasteiger partial charge < -0.3 is 24.4 Å². The van der Waals surface area contributed by atoms with Crippen molar-refractivity contribution in [2.45, 2.75) is 26.1 Å². The van der Waals surface area contributed by atoms with E-state index in [9.17, 15) is 13.2 Å². The number of guanidine groups is 1. The molecule has 0 aliphatic carbocycles. The van der Waals surface area contributed by atoms with E-state index >= 15 is 0 Å². The lowest BCUT2D eigenvalue weighted by Crippen LogP contribution is -2.40. The first-order valence-electron chi connectivity index (χ1n) is 9.25. The maximum absolute atomic E-state index is 12.4. The van der Waals surface area contributed by atoms with Gasteiger partial charge in [0, 0.05) is 32.7 Å². The summed E-state index contributed by atoms with van der Waals surface area (Å²) in [4.78, 5) is 6.86. The Labute approximate surface area is 186 Å². The fourth-order valence-electron chi connectivity index (χ4n) is 3.08. The number of nitrogens with zero attached hydrogens (tertiary/aromatic N) is 2. The Morgan fingerprint density at radius 3 is 2.66 bits per heavy atom. The van der Waals surface area contributed by atoms with Gasteiger partial charge in [0.1, 0.15) is 0 Å². The number of ether oxygens (including phenoxy) is 3. The standard InChI is InChI=1S/C19H28F3N3O3.HI/c1-4-23-18(25-8-7-15(11-25)12-26-2)24-10-14-5-6-16(17(9-14)27-3)28-13-19(20,21)22;/h5-6,9,15H,4,7-8,10-13H2,1-3H3,(H,23,24);1H. The van der Waals surface area contributed by atoms with Crippen LogP contribution in [0.5, 0.6) is 11.5 Å². The summed E-state index contributed by atoms with van der Waals surface area (Å²) in [5.74, 6) is 1.61. The molecule has 6 nitrogen and oxygen atoms in total. The summed E-state index contributed by atoms with van der Waals surface area (Å²) in [6.45, 7) is 4.30. The van der Waals surface area contributed by atoms with Gasteiger partial charge in [0.25, 0.3) is 0 Å². The number of alkyl halides is 3. The Balaban J connectivity index is 0.00000420. The first-order valence-corrected chi connectivity index (χ1v) is 9.25. The van der Waals surface area contributed by atoms with Gasteiger partial charge in [-0.05, 0) is 31.0 Å². The molecular weight excluding hydrogens is 502 g/mol. The molecule has 1 aromatic rings. The highest BCUT2D eigenvalue weighted by Gasteiger charge is 2.29. The number of hydrogen-bond acceptors (Lipinski definition) is 4. The van der Waals surface area contributed by atoms with Crippen LogP contribution in [0.15, 0.2) is 23.2 Å². The van der Waals surface area contributed by atoms with Crippen molar-refractivity contribution in [3.8, 4) is 11.5 Å². The lowest BCUT2D eigenvalue weighted by Gasteiger charge is -2.21. The second-order valence-corrected chi connectivity index (χ2v) is 6.62. The van der Waals surface area contributed by atoms with Crippen LogP contribution in [0.25, 0.3) is 0 Å². The quantitative estimate of drug-likeness (QED) is 0.315. The van der Waals surface area contributed by atoms with Crippen LogP contribution in [0.1, 0.15) is 18.9 Å². The van der Waals surface area contributed by atoms with E-state index in [0.717, 1.165) is 44.2 Å². The molecule has 1 atom stereocenters. The van der Waals surface area contributed by atoms with Crippen LogP contribution >= 0.6 is 24.0 Å². The first kappa shape index (κ1) is 25.6.